The molecule has 0 amide bonds. The third-order valence-corrected chi connectivity index (χ3v) is 5.25. The Morgan fingerprint density at radius 2 is 2.17 bits per heavy atom. The van der Waals surface area contributed by atoms with Crippen LogP contribution < -0.4 is 10.1 Å². The number of imidazole rings is 1. The molecular formula is C21H21FN6O2. The van der Waals surface area contributed by atoms with Crippen LogP contribution in [0, 0.1) is 12.7 Å². The van der Waals surface area contributed by atoms with Crippen molar-refractivity contribution in [3.8, 4) is 16.9 Å². The number of aryl methyl sites for hydroxylation is 1. The van der Waals surface area contributed by atoms with Gasteiger partial charge in [0.2, 0.25) is 5.95 Å². The molecule has 0 spiro atoms. The summed E-state index contributed by atoms with van der Waals surface area (Å²) in [7, 11) is 0. The van der Waals surface area contributed by atoms with Crippen LogP contribution in [0.2, 0.25) is 0 Å². The molecule has 154 valence electrons. The van der Waals surface area contributed by atoms with Crippen LogP contribution in [0.4, 0.5) is 10.3 Å². The average molecular weight is 408 g/mol. The van der Waals surface area contributed by atoms with Crippen LogP contribution in [0.5, 0.6) is 5.75 Å². The van der Waals surface area contributed by atoms with Gasteiger partial charge in [0.05, 0.1) is 31.6 Å². The lowest BCUT2D eigenvalue weighted by molar-refractivity contribution is 0.269. The van der Waals surface area contributed by atoms with Crippen molar-refractivity contribution in [1.82, 2.24) is 24.1 Å². The molecule has 0 saturated carbocycles. The number of nitrogens with one attached hydrogen (secondary N) is 1. The molecule has 9 heteroatoms. The molecular weight excluding hydrogens is 387 g/mol. The van der Waals surface area contributed by atoms with Gasteiger partial charge in [-0.05, 0) is 19.1 Å². The van der Waals surface area contributed by atoms with Gasteiger partial charge < -0.3 is 15.2 Å². The number of anilines is 1. The summed E-state index contributed by atoms with van der Waals surface area (Å²) < 4.78 is 23.6. The molecule has 30 heavy (non-hydrogen) atoms. The third kappa shape index (κ3) is 3.17. The van der Waals surface area contributed by atoms with Gasteiger partial charge in [0, 0.05) is 53.8 Å². The molecule has 0 fully saturated rings. The minimum atomic E-state index is -0.252. The fourth-order valence-corrected chi connectivity index (χ4v) is 3.83. The normalized spacial score (nSPS) is 12.9. The fourth-order valence-electron chi connectivity index (χ4n) is 3.83. The highest BCUT2D eigenvalue weighted by atomic mass is 19.1. The van der Waals surface area contributed by atoms with E-state index in [0.717, 1.165) is 33.8 Å². The summed E-state index contributed by atoms with van der Waals surface area (Å²) in [6.45, 7) is 3.23. The number of ether oxygens (including phenoxy) is 1. The van der Waals surface area contributed by atoms with Crippen LogP contribution >= 0.6 is 0 Å². The number of rotatable bonds is 6. The molecule has 0 bridgehead atoms. The molecule has 0 aliphatic carbocycles. The number of aromatic nitrogens is 5. The highest BCUT2D eigenvalue weighted by Crippen LogP contribution is 2.31. The second kappa shape index (κ2) is 7.42. The van der Waals surface area contributed by atoms with Crippen molar-refractivity contribution in [3.63, 3.8) is 0 Å². The minimum absolute atomic E-state index is 0.0188. The van der Waals surface area contributed by atoms with Crippen LogP contribution in [0.25, 0.3) is 16.8 Å². The van der Waals surface area contributed by atoms with Crippen LogP contribution in [0.1, 0.15) is 16.8 Å². The Balaban J connectivity index is 1.49. The van der Waals surface area contributed by atoms with E-state index >= 15 is 0 Å². The third-order valence-electron chi connectivity index (χ3n) is 5.25. The van der Waals surface area contributed by atoms with Crippen LogP contribution in [0.15, 0.2) is 36.9 Å². The summed E-state index contributed by atoms with van der Waals surface area (Å²) in [5.41, 5.74) is 4.78. The second-order valence-corrected chi connectivity index (χ2v) is 7.24. The van der Waals surface area contributed by atoms with Crippen LogP contribution in [0.3, 0.4) is 0 Å². The van der Waals surface area contributed by atoms with Gasteiger partial charge >= 0.3 is 0 Å². The first-order valence-electron chi connectivity index (χ1n) is 9.79. The van der Waals surface area contributed by atoms with Crippen LogP contribution in [-0.2, 0) is 19.5 Å². The van der Waals surface area contributed by atoms with Gasteiger partial charge in [0.25, 0.3) is 0 Å². The summed E-state index contributed by atoms with van der Waals surface area (Å²) >= 11 is 0. The molecule has 5 rings (SSSR count). The monoisotopic (exact) mass is 408 g/mol. The maximum atomic E-state index is 14.5. The summed E-state index contributed by atoms with van der Waals surface area (Å²) in [5.74, 6) is 1.07. The predicted octanol–water partition coefficient (Wildman–Crippen LogP) is 2.58. The zero-order chi connectivity index (χ0) is 20.7. The molecule has 1 aliphatic heterocycles. The van der Waals surface area contributed by atoms with E-state index < -0.39 is 0 Å². The van der Waals surface area contributed by atoms with Crippen molar-refractivity contribution < 1.29 is 14.2 Å². The van der Waals surface area contributed by atoms with Crippen molar-refractivity contribution in [1.29, 1.82) is 0 Å². The van der Waals surface area contributed by atoms with Gasteiger partial charge in [-0.1, -0.05) is 0 Å². The topological polar surface area (TPSA) is 89.5 Å². The van der Waals surface area contributed by atoms with E-state index in [4.69, 9.17) is 9.84 Å². The quantitative estimate of drug-likeness (QED) is 0.510. The number of fused-ring (bicyclic) bond motifs is 2. The van der Waals surface area contributed by atoms with E-state index in [1.807, 2.05) is 23.7 Å². The van der Waals surface area contributed by atoms with E-state index in [1.54, 1.807) is 23.1 Å². The molecule has 0 saturated heterocycles. The number of halogens is 1. The van der Waals surface area contributed by atoms with Crippen molar-refractivity contribution in [2.24, 2.45) is 0 Å². The molecule has 0 unspecified atom stereocenters. The molecule has 4 heterocycles. The SMILES string of the molecule is Cc1cn2c(NCc3c(F)ccc4c3CCO4)ncc(-c3cnn(CCO)c3)c2n1. The van der Waals surface area contributed by atoms with Gasteiger partial charge in [0.1, 0.15) is 17.2 Å². The van der Waals surface area contributed by atoms with E-state index in [0.29, 0.717) is 37.6 Å². The molecule has 1 aromatic carbocycles. The predicted molar refractivity (Wildman–Crippen MR) is 109 cm³/mol. The second-order valence-electron chi connectivity index (χ2n) is 7.24. The molecule has 3 aromatic heterocycles. The lowest BCUT2D eigenvalue weighted by atomic mass is 10.0. The number of hydrogen-bond donors (Lipinski definition) is 2. The lowest BCUT2D eigenvalue weighted by Gasteiger charge is -2.12. The summed E-state index contributed by atoms with van der Waals surface area (Å²) in [5, 5.41) is 16.6. The molecule has 1 aliphatic rings. The zero-order valence-corrected chi connectivity index (χ0v) is 16.5. The Morgan fingerprint density at radius 3 is 3.03 bits per heavy atom. The first-order chi connectivity index (χ1) is 14.6. The van der Waals surface area contributed by atoms with Gasteiger partial charge in [-0.15, -0.1) is 0 Å². The number of benzene rings is 1. The lowest BCUT2D eigenvalue weighted by Crippen LogP contribution is -2.09. The van der Waals surface area contributed by atoms with Crippen LogP contribution in [-0.4, -0.2) is 42.5 Å². The Hall–Kier alpha value is -3.46. The Labute approximate surface area is 172 Å². The smallest absolute Gasteiger partial charge is 0.208 e. The Kier molecular flexibility index (Phi) is 4.59. The van der Waals surface area contributed by atoms with E-state index in [9.17, 15) is 4.39 Å². The first-order valence-corrected chi connectivity index (χ1v) is 9.79. The highest BCUT2D eigenvalue weighted by Gasteiger charge is 2.20. The first kappa shape index (κ1) is 18.6. The number of nitrogens with zero attached hydrogens (tertiary/aromatic N) is 5. The number of aliphatic hydroxyl groups is 1. The van der Waals surface area contributed by atoms with Gasteiger partial charge in [-0.25, -0.2) is 14.4 Å². The standard InChI is InChI=1S/C21H21FN6O2/c1-13-11-28-20(26-13)16(14-8-25-27(12-14)5-6-29)9-23-21(28)24-10-17-15-4-7-30-19(15)3-2-18(17)22/h2-3,8-9,11-12,29H,4-7,10H2,1H3,(H,23,24). The summed E-state index contributed by atoms with van der Waals surface area (Å²) in [6, 6.07) is 3.13. The van der Waals surface area contributed by atoms with Crippen molar-refractivity contribution in [2.75, 3.05) is 18.5 Å². The van der Waals surface area contributed by atoms with Crippen molar-refractivity contribution in [3.05, 3.63) is 59.6 Å². The minimum Gasteiger partial charge on any atom is -0.493 e. The Morgan fingerprint density at radius 1 is 1.27 bits per heavy atom. The van der Waals surface area contributed by atoms with Gasteiger partial charge in [-0.2, -0.15) is 5.10 Å². The van der Waals surface area contributed by atoms with Crippen molar-refractivity contribution >= 4 is 11.6 Å². The van der Waals surface area contributed by atoms with E-state index in [1.165, 1.54) is 6.07 Å². The van der Waals surface area contributed by atoms with Gasteiger partial charge in [-0.3, -0.25) is 9.08 Å². The van der Waals surface area contributed by atoms with Gasteiger partial charge in [0.15, 0.2) is 0 Å². The van der Waals surface area contributed by atoms with Crippen molar-refractivity contribution in [2.45, 2.75) is 26.4 Å². The fraction of sp³-hybridized carbons (Fsp3) is 0.286. The summed E-state index contributed by atoms with van der Waals surface area (Å²) in [6.07, 6.45) is 7.91. The average Bonchev–Trinajstić information content (AvgIpc) is 3.46. The Bertz CT molecular complexity index is 1230. The molecule has 8 nitrogen and oxygen atoms in total. The summed E-state index contributed by atoms with van der Waals surface area (Å²) in [4.78, 5) is 9.20. The number of aliphatic hydroxyl groups excluding tert-OH is 1. The molecule has 4 aromatic rings. The van der Waals surface area contributed by atoms with E-state index in [2.05, 4.69) is 20.4 Å². The highest BCUT2D eigenvalue weighted by molar-refractivity contribution is 5.77. The molecule has 2 N–H and O–H groups in total. The number of hydrogen-bond acceptors (Lipinski definition) is 6. The zero-order valence-electron chi connectivity index (χ0n) is 16.5. The molecule has 0 atom stereocenters. The maximum absolute atomic E-state index is 14.5. The largest absolute Gasteiger partial charge is 0.493 e. The van der Waals surface area contributed by atoms with E-state index in [-0.39, 0.29) is 12.4 Å². The maximum Gasteiger partial charge on any atom is 0.208 e. The molecule has 0 radical (unpaired) electrons.